The van der Waals surface area contributed by atoms with Gasteiger partial charge in [0.15, 0.2) is 5.69 Å². The first-order valence-electron chi connectivity index (χ1n) is 8.29. The van der Waals surface area contributed by atoms with Crippen LogP contribution in [0.2, 0.25) is 0 Å². The van der Waals surface area contributed by atoms with E-state index in [1.165, 1.54) is 27.9 Å². The molecule has 8 nitrogen and oxygen atoms in total. The quantitative estimate of drug-likeness (QED) is 0.711. The molecule has 2 heterocycles. The average molecular weight is 380 g/mol. The molecule has 0 unspecified atom stereocenters. The number of methoxy groups -OCH3 is 1. The number of thiophene rings is 1. The number of carbonyl (C=O) groups is 1. The van der Waals surface area contributed by atoms with E-state index < -0.39 is 11.2 Å². The fraction of sp³-hybridized carbons (Fsp3) is 0.471. The van der Waals surface area contributed by atoms with Gasteiger partial charge in [0.05, 0.1) is 13.0 Å². The molecule has 0 bridgehead atoms. The Bertz CT molecular complexity index is 855. The standard InChI is InChI=1S/C17H24N4O4S/c1-11(2)10-21-15(18)14(16(23)19-17(21)24)20(6-7-25-3)13(22)9-12-5-4-8-26-12/h4-5,8,11H,6-7,9-10,18H2,1-3H3,(H,19,23,24). The summed E-state index contributed by atoms with van der Waals surface area (Å²) >= 11 is 1.46. The summed E-state index contributed by atoms with van der Waals surface area (Å²) in [7, 11) is 1.51. The minimum absolute atomic E-state index is 0.0103. The minimum atomic E-state index is -0.678. The van der Waals surface area contributed by atoms with Crippen molar-refractivity contribution in [3.8, 4) is 0 Å². The molecule has 0 aliphatic heterocycles. The zero-order chi connectivity index (χ0) is 19.3. The van der Waals surface area contributed by atoms with Crippen LogP contribution in [-0.2, 0) is 22.5 Å². The Balaban J connectivity index is 2.48. The minimum Gasteiger partial charge on any atom is -0.383 e. The molecule has 0 radical (unpaired) electrons. The van der Waals surface area contributed by atoms with Crippen molar-refractivity contribution in [2.75, 3.05) is 30.9 Å². The molecule has 26 heavy (non-hydrogen) atoms. The van der Waals surface area contributed by atoms with E-state index in [0.717, 1.165) is 4.88 Å². The van der Waals surface area contributed by atoms with Crippen LogP contribution >= 0.6 is 11.3 Å². The SMILES string of the molecule is COCCN(C(=O)Cc1cccs1)c1c(N)n(CC(C)C)c(=O)[nH]c1=O. The molecular weight excluding hydrogens is 356 g/mol. The average Bonchev–Trinajstić information content (AvgIpc) is 3.07. The molecule has 0 aliphatic rings. The lowest BCUT2D eigenvalue weighted by atomic mass is 10.2. The van der Waals surface area contributed by atoms with Gasteiger partial charge in [0.2, 0.25) is 5.91 Å². The zero-order valence-corrected chi connectivity index (χ0v) is 16.0. The number of H-pyrrole nitrogens is 1. The Labute approximate surface area is 155 Å². The normalized spacial score (nSPS) is 11.1. The molecule has 0 spiro atoms. The van der Waals surface area contributed by atoms with Gasteiger partial charge in [-0.25, -0.2) is 4.79 Å². The van der Waals surface area contributed by atoms with Gasteiger partial charge in [0.25, 0.3) is 5.56 Å². The molecule has 142 valence electrons. The second-order valence-electron chi connectivity index (χ2n) is 6.29. The number of nitrogens with one attached hydrogen (secondary N) is 1. The first-order valence-corrected chi connectivity index (χ1v) is 9.17. The number of hydrogen-bond donors (Lipinski definition) is 2. The molecule has 2 aromatic rings. The summed E-state index contributed by atoms with van der Waals surface area (Å²) in [5.41, 5.74) is 4.86. The Morgan fingerprint density at radius 2 is 2.15 bits per heavy atom. The predicted molar refractivity (Wildman–Crippen MR) is 103 cm³/mol. The molecule has 0 aromatic carbocycles. The predicted octanol–water partition coefficient (Wildman–Crippen LogP) is 1.06. The van der Waals surface area contributed by atoms with E-state index in [0.29, 0.717) is 6.54 Å². The first-order chi connectivity index (χ1) is 12.3. The van der Waals surface area contributed by atoms with Crippen molar-refractivity contribution >= 4 is 28.7 Å². The Morgan fingerprint density at radius 3 is 2.73 bits per heavy atom. The van der Waals surface area contributed by atoms with Gasteiger partial charge in [-0.3, -0.25) is 19.1 Å². The molecule has 0 fully saturated rings. The van der Waals surface area contributed by atoms with Gasteiger partial charge < -0.3 is 15.4 Å². The Hall–Kier alpha value is -2.39. The van der Waals surface area contributed by atoms with E-state index >= 15 is 0 Å². The van der Waals surface area contributed by atoms with Gasteiger partial charge in [-0.2, -0.15) is 0 Å². The molecule has 9 heteroatoms. The number of rotatable bonds is 8. The highest BCUT2D eigenvalue weighted by atomic mass is 32.1. The highest BCUT2D eigenvalue weighted by Gasteiger charge is 2.24. The van der Waals surface area contributed by atoms with E-state index in [1.807, 2.05) is 31.4 Å². The van der Waals surface area contributed by atoms with E-state index in [9.17, 15) is 14.4 Å². The smallest absolute Gasteiger partial charge is 0.330 e. The van der Waals surface area contributed by atoms with Crippen molar-refractivity contribution in [2.45, 2.75) is 26.8 Å². The third kappa shape index (κ3) is 4.61. The fourth-order valence-corrected chi connectivity index (χ4v) is 3.28. The molecular formula is C17H24N4O4S. The van der Waals surface area contributed by atoms with Crippen LogP contribution in [0.4, 0.5) is 11.5 Å². The van der Waals surface area contributed by atoms with Gasteiger partial charge in [0, 0.05) is 25.1 Å². The Morgan fingerprint density at radius 1 is 1.42 bits per heavy atom. The molecule has 0 aliphatic carbocycles. The van der Waals surface area contributed by atoms with Crippen LogP contribution in [0, 0.1) is 5.92 Å². The van der Waals surface area contributed by atoms with Crippen molar-refractivity contribution in [1.29, 1.82) is 0 Å². The van der Waals surface area contributed by atoms with Crippen LogP contribution in [0.5, 0.6) is 0 Å². The number of amides is 1. The first kappa shape index (κ1) is 19.9. The van der Waals surface area contributed by atoms with E-state index in [2.05, 4.69) is 4.98 Å². The number of nitrogen functional groups attached to an aromatic ring is 1. The maximum absolute atomic E-state index is 12.8. The summed E-state index contributed by atoms with van der Waals surface area (Å²) in [6.07, 6.45) is 0.142. The van der Waals surface area contributed by atoms with Gasteiger partial charge in [-0.05, 0) is 17.4 Å². The third-order valence-corrected chi connectivity index (χ3v) is 4.63. The molecule has 3 N–H and O–H groups in total. The fourth-order valence-electron chi connectivity index (χ4n) is 2.59. The lowest BCUT2D eigenvalue weighted by Gasteiger charge is -2.24. The molecule has 2 aromatic heterocycles. The van der Waals surface area contributed by atoms with Crippen LogP contribution in [0.1, 0.15) is 18.7 Å². The topological polar surface area (TPSA) is 110 Å². The van der Waals surface area contributed by atoms with Crippen molar-refractivity contribution in [3.05, 3.63) is 43.2 Å². The summed E-state index contributed by atoms with van der Waals surface area (Å²) in [4.78, 5) is 41.8. The highest BCUT2D eigenvalue weighted by Crippen LogP contribution is 2.20. The number of aromatic nitrogens is 2. The van der Waals surface area contributed by atoms with Crippen LogP contribution < -0.4 is 21.9 Å². The number of ether oxygens (including phenoxy) is 1. The second-order valence-corrected chi connectivity index (χ2v) is 7.32. The summed E-state index contributed by atoms with van der Waals surface area (Å²) in [5.74, 6) is -0.150. The largest absolute Gasteiger partial charge is 0.383 e. The number of nitrogens with two attached hydrogens (primary N) is 1. The number of hydrogen-bond acceptors (Lipinski definition) is 6. The maximum Gasteiger partial charge on any atom is 0.330 e. The summed E-state index contributed by atoms with van der Waals surface area (Å²) in [6.45, 7) is 4.60. The Kier molecular flexibility index (Phi) is 6.76. The van der Waals surface area contributed by atoms with Crippen molar-refractivity contribution in [3.63, 3.8) is 0 Å². The molecule has 0 saturated heterocycles. The van der Waals surface area contributed by atoms with Gasteiger partial charge in [-0.1, -0.05) is 19.9 Å². The number of nitrogens with zero attached hydrogens (tertiary/aromatic N) is 2. The molecule has 0 saturated carbocycles. The third-order valence-electron chi connectivity index (χ3n) is 3.76. The van der Waals surface area contributed by atoms with E-state index in [1.54, 1.807) is 0 Å². The second kappa shape index (κ2) is 8.81. The van der Waals surface area contributed by atoms with Crippen molar-refractivity contribution in [2.24, 2.45) is 5.92 Å². The van der Waals surface area contributed by atoms with Gasteiger partial charge in [0.1, 0.15) is 5.82 Å². The number of anilines is 2. The molecule has 1 amide bonds. The highest BCUT2D eigenvalue weighted by molar-refractivity contribution is 7.10. The number of carbonyl (C=O) groups excluding carboxylic acids is 1. The lowest BCUT2D eigenvalue weighted by molar-refractivity contribution is -0.118. The van der Waals surface area contributed by atoms with Gasteiger partial charge in [-0.15, -0.1) is 11.3 Å². The maximum atomic E-state index is 12.8. The van der Waals surface area contributed by atoms with Crippen LogP contribution in [-0.4, -0.2) is 35.7 Å². The van der Waals surface area contributed by atoms with Crippen LogP contribution in [0.15, 0.2) is 27.1 Å². The van der Waals surface area contributed by atoms with Crippen molar-refractivity contribution < 1.29 is 9.53 Å². The zero-order valence-electron chi connectivity index (χ0n) is 15.2. The van der Waals surface area contributed by atoms with E-state index in [-0.39, 0.29) is 42.9 Å². The van der Waals surface area contributed by atoms with E-state index in [4.69, 9.17) is 10.5 Å². The molecule has 2 rings (SSSR count). The summed E-state index contributed by atoms with van der Waals surface area (Å²) in [5, 5.41) is 1.88. The summed E-state index contributed by atoms with van der Waals surface area (Å²) < 4.78 is 6.36. The monoisotopic (exact) mass is 380 g/mol. The summed E-state index contributed by atoms with van der Waals surface area (Å²) in [6, 6.07) is 3.71. The van der Waals surface area contributed by atoms with Crippen LogP contribution in [0.25, 0.3) is 0 Å². The van der Waals surface area contributed by atoms with Crippen LogP contribution in [0.3, 0.4) is 0 Å². The number of aromatic amines is 1. The lowest BCUT2D eigenvalue weighted by Crippen LogP contribution is -2.43. The van der Waals surface area contributed by atoms with Gasteiger partial charge >= 0.3 is 5.69 Å². The van der Waals surface area contributed by atoms with Crippen molar-refractivity contribution in [1.82, 2.24) is 9.55 Å². The molecule has 0 atom stereocenters.